The van der Waals surface area contributed by atoms with Gasteiger partial charge in [0.05, 0.1) is 16.3 Å². The van der Waals surface area contributed by atoms with Gasteiger partial charge in [-0.1, -0.05) is 23.8 Å². The lowest BCUT2D eigenvalue weighted by atomic mass is 10.1. The third kappa shape index (κ3) is 4.47. The van der Waals surface area contributed by atoms with Crippen molar-refractivity contribution in [2.24, 2.45) is 5.14 Å². The monoisotopic (exact) mass is 369 g/mol. The van der Waals surface area contributed by atoms with Gasteiger partial charge < -0.3 is 0 Å². The van der Waals surface area contributed by atoms with Gasteiger partial charge in [0.25, 0.3) is 20.2 Å². The molecule has 0 radical (unpaired) electrons. The molecule has 0 spiro atoms. The largest absolute Gasteiger partial charge is 0.296 e. The molecule has 2 aromatic carbocycles. The van der Waals surface area contributed by atoms with Crippen LogP contribution in [0.3, 0.4) is 0 Å². The van der Waals surface area contributed by atoms with E-state index in [0.29, 0.717) is 11.1 Å². The van der Waals surface area contributed by atoms with Crippen LogP contribution in [0.25, 0.3) is 0 Å². The molecule has 0 bridgehead atoms. The molecule has 0 unspecified atom stereocenters. The lowest BCUT2D eigenvalue weighted by molar-refractivity contribution is 0.599. The highest BCUT2D eigenvalue weighted by Crippen LogP contribution is 2.25. The van der Waals surface area contributed by atoms with E-state index in [0.717, 1.165) is 5.56 Å². The summed E-state index contributed by atoms with van der Waals surface area (Å²) in [6.07, 6.45) is 0. The van der Waals surface area contributed by atoms with E-state index in [1.165, 1.54) is 24.3 Å². The van der Waals surface area contributed by atoms with Crippen molar-refractivity contribution in [2.75, 3.05) is 9.44 Å². The number of sulfonamides is 1. The molecule has 130 valence electrons. The molecule has 0 saturated carbocycles. The van der Waals surface area contributed by atoms with Crippen molar-refractivity contribution in [2.45, 2.75) is 25.7 Å². The van der Waals surface area contributed by atoms with E-state index in [2.05, 4.69) is 9.44 Å². The van der Waals surface area contributed by atoms with E-state index in [1.807, 2.05) is 6.92 Å². The Balaban J connectivity index is 2.39. The first-order valence-corrected chi connectivity index (χ1v) is 10.0. The molecule has 9 heteroatoms. The number of rotatable bonds is 5. The maximum Gasteiger partial charge on any atom is 0.296 e. The highest BCUT2D eigenvalue weighted by atomic mass is 32.2. The number of hydrogen-bond acceptors (Lipinski definition) is 4. The van der Waals surface area contributed by atoms with Crippen molar-refractivity contribution in [3.05, 3.63) is 53.1 Å². The molecule has 7 nitrogen and oxygen atoms in total. The van der Waals surface area contributed by atoms with E-state index >= 15 is 0 Å². The topological polar surface area (TPSA) is 118 Å². The van der Waals surface area contributed by atoms with Crippen molar-refractivity contribution in [1.82, 2.24) is 0 Å². The molecule has 0 aliphatic carbocycles. The van der Waals surface area contributed by atoms with Crippen molar-refractivity contribution < 1.29 is 16.8 Å². The Morgan fingerprint density at radius 2 is 1.33 bits per heavy atom. The van der Waals surface area contributed by atoms with E-state index in [9.17, 15) is 16.8 Å². The van der Waals surface area contributed by atoms with Crippen LogP contribution >= 0.6 is 0 Å². The first-order valence-electron chi connectivity index (χ1n) is 6.99. The SMILES string of the molecule is Cc1cc(C)c(S(=O)(=O)Nc2cccc(NS(N)(=O)=O)c2)c(C)c1. The number of aryl methyl sites for hydroxylation is 3. The molecule has 4 N–H and O–H groups in total. The molecule has 2 aromatic rings. The Hall–Kier alpha value is -2.10. The molecule has 0 heterocycles. The van der Waals surface area contributed by atoms with Gasteiger partial charge in [-0.15, -0.1) is 0 Å². The average molecular weight is 369 g/mol. The van der Waals surface area contributed by atoms with Gasteiger partial charge in [0.2, 0.25) is 0 Å². The van der Waals surface area contributed by atoms with E-state index in [-0.39, 0.29) is 16.3 Å². The summed E-state index contributed by atoms with van der Waals surface area (Å²) in [5.74, 6) is 0. The van der Waals surface area contributed by atoms with Gasteiger partial charge in [-0.3, -0.25) is 9.44 Å². The molecule has 0 amide bonds. The van der Waals surface area contributed by atoms with Crippen LogP contribution in [0.2, 0.25) is 0 Å². The molecule has 0 aliphatic rings. The van der Waals surface area contributed by atoms with Crippen LogP contribution in [-0.4, -0.2) is 16.8 Å². The molecule has 0 atom stereocenters. The van der Waals surface area contributed by atoms with Crippen LogP contribution in [0, 0.1) is 20.8 Å². The fourth-order valence-electron chi connectivity index (χ4n) is 2.61. The summed E-state index contributed by atoms with van der Waals surface area (Å²) in [6, 6.07) is 9.43. The van der Waals surface area contributed by atoms with Gasteiger partial charge in [-0.05, 0) is 50.1 Å². The summed E-state index contributed by atoms with van der Waals surface area (Å²) >= 11 is 0. The third-order valence-electron chi connectivity index (χ3n) is 3.25. The summed E-state index contributed by atoms with van der Waals surface area (Å²) in [4.78, 5) is 0.206. The second kappa shape index (κ2) is 6.42. The van der Waals surface area contributed by atoms with Crippen LogP contribution in [-0.2, 0) is 20.2 Å². The fraction of sp³-hybridized carbons (Fsp3) is 0.200. The van der Waals surface area contributed by atoms with Crippen LogP contribution in [0.4, 0.5) is 11.4 Å². The van der Waals surface area contributed by atoms with Crippen molar-refractivity contribution in [3.8, 4) is 0 Å². The van der Waals surface area contributed by atoms with Gasteiger partial charge >= 0.3 is 0 Å². The summed E-state index contributed by atoms with van der Waals surface area (Å²) < 4.78 is 52.0. The number of nitrogens with two attached hydrogens (primary N) is 1. The van der Waals surface area contributed by atoms with Gasteiger partial charge in [0.1, 0.15) is 0 Å². The summed E-state index contributed by atoms with van der Waals surface area (Å²) in [5, 5.41) is 4.91. The maximum absolute atomic E-state index is 12.7. The normalized spacial score (nSPS) is 12.0. The third-order valence-corrected chi connectivity index (χ3v) is 5.45. The smallest absolute Gasteiger partial charge is 0.280 e. The minimum Gasteiger partial charge on any atom is -0.280 e. The molecule has 0 aromatic heterocycles. The summed E-state index contributed by atoms with van der Waals surface area (Å²) in [5.41, 5.74) is 2.64. The van der Waals surface area contributed by atoms with E-state index in [1.54, 1.807) is 26.0 Å². The molecule has 24 heavy (non-hydrogen) atoms. The van der Waals surface area contributed by atoms with Gasteiger partial charge in [0.15, 0.2) is 0 Å². The number of hydrogen-bond donors (Lipinski definition) is 3. The molecular weight excluding hydrogens is 350 g/mol. The van der Waals surface area contributed by atoms with Crippen molar-refractivity contribution >= 4 is 31.6 Å². The predicted molar refractivity (Wildman–Crippen MR) is 94.6 cm³/mol. The second-order valence-electron chi connectivity index (χ2n) is 5.56. The number of benzene rings is 2. The molecule has 2 rings (SSSR count). The Labute approximate surface area is 142 Å². The predicted octanol–water partition coefficient (Wildman–Crippen LogP) is 2.03. The Morgan fingerprint density at radius 3 is 1.83 bits per heavy atom. The zero-order valence-electron chi connectivity index (χ0n) is 13.5. The van der Waals surface area contributed by atoms with Crippen LogP contribution in [0.15, 0.2) is 41.3 Å². The Morgan fingerprint density at radius 1 is 0.833 bits per heavy atom. The van der Waals surface area contributed by atoms with E-state index < -0.39 is 20.2 Å². The highest BCUT2D eigenvalue weighted by molar-refractivity contribution is 7.92. The molecule has 0 saturated heterocycles. The highest BCUT2D eigenvalue weighted by Gasteiger charge is 2.20. The molecule has 0 fully saturated rings. The van der Waals surface area contributed by atoms with E-state index in [4.69, 9.17) is 5.14 Å². The molecule has 0 aliphatic heterocycles. The zero-order valence-corrected chi connectivity index (χ0v) is 15.1. The first-order chi connectivity index (χ1) is 11.0. The standard InChI is InChI=1S/C15H19N3O4S2/c1-10-7-11(2)15(12(3)8-10)23(19,20)17-13-5-4-6-14(9-13)18-24(16,21)22/h4-9,17-18H,1-3H3,(H2,16,21,22). The lowest BCUT2D eigenvalue weighted by Crippen LogP contribution is -2.22. The second-order valence-corrected chi connectivity index (χ2v) is 8.47. The summed E-state index contributed by atoms with van der Waals surface area (Å²) in [6.45, 7) is 5.35. The molecular formula is C15H19N3O4S2. The Kier molecular flexibility index (Phi) is 4.88. The number of anilines is 2. The van der Waals surface area contributed by atoms with Gasteiger partial charge in [-0.25, -0.2) is 13.6 Å². The number of nitrogens with one attached hydrogen (secondary N) is 2. The quantitative estimate of drug-likeness (QED) is 0.747. The van der Waals surface area contributed by atoms with Crippen molar-refractivity contribution in [1.29, 1.82) is 0 Å². The van der Waals surface area contributed by atoms with Gasteiger partial charge in [0, 0.05) is 0 Å². The maximum atomic E-state index is 12.7. The lowest BCUT2D eigenvalue weighted by Gasteiger charge is -2.14. The fourth-order valence-corrected chi connectivity index (χ4v) is 4.57. The first kappa shape index (κ1) is 18.2. The summed E-state index contributed by atoms with van der Waals surface area (Å²) in [7, 11) is -7.75. The minimum atomic E-state index is -3.94. The minimum absolute atomic E-state index is 0.162. The van der Waals surface area contributed by atoms with Crippen LogP contribution in [0.1, 0.15) is 16.7 Å². The average Bonchev–Trinajstić information content (AvgIpc) is 2.34. The van der Waals surface area contributed by atoms with Gasteiger partial charge in [-0.2, -0.15) is 8.42 Å². The zero-order chi connectivity index (χ0) is 18.1. The van der Waals surface area contributed by atoms with Crippen LogP contribution < -0.4 is 14.6 Å². The van der Waals surface area contributed by atoms with Crippen LogP contribution in [0.5, 0.6) is 0 Å². The van der Waals surface area contributed by atoms with Crippen molar-refractivity contribution in [3.63, 3.8) is 0 Å². The Bertz CT molecular complexity index is 961.